The summed E-state index contributed by atoms with van der Waals surface area (Å²) in [5, 5.41) is 56.9. The number of amides is 2. The lowest BCUT2D eigenvalue weighted by atomic mass is 9.92. The third kappa shape index (κ3) is 9.78. The maximum Gasteiger partial charge on any atom is 0.314 e. The van der Waals surface area contributed by atoms with Crippen molar-refractivity contribution in [2.24, 2.45) is 0 Å². The maximum absolute atomic E-state index is 12.1. The molecule has 2 aromatic carbocycles. The number of hydrogen-bond donors (Lipinski definition) is 8. The third-order valence-electron chi connectivity index (χ3n) is 9.79. The average Bonchev–Trinajstić information content (AvgIpc) is 4.07. The quantitative estimate of drug-likeness (QED) is 0.0885. The Labute approximate surface area is 288 Å². The number of carbonyl (C=O) groups is 1. The van der Waals surface area contributed by atoms with E-state index in [4.69, 9.17) is 9.84 Å². The number of nitrogens with zero attached hydrogens (tertiary/aromatic N) is 1. The van der Waals surface area contributed by atoms with Gasteiger partial charge in [-0.25, -0.2) is 4.79 Å². The second-order valence-electron chi connectivity index (χ2n) is 13.7. The summed E-state index contributed by atoms with van der Waals surface area (Å²) in [5.41, 5.74) is 7.21. The summed E-state index contributed by atoms with van der Waals surface area (Å²) in [4.78, 5) is 16.6. The topological polar surface area (TPSA) is 176 Å². The first kappa shape index (κ1) is 36.7. The van der Waals surface area contributed by atoms with E-state index in [-0.39, 0.29) is 12.1 Å². The predicted octanol–water partition coefficient (Wildman–Crippen LogP) is 3.39. The van der Waals surface area contributed by atoms with Gasteiger partial charge in [0.25, 0.3) is 0 Å². The minimum atomic E-state index is -1.73. The molecule has 1 heterocycles. The van der Waals surface area contributed by atoms with Crippen LogP contribution in [0.25, 0.3) is 11.1 Å². The Bertz CT molecular complexity index is 1530. The number of pyridine rings is 1. The van der Waals surface area contributed by atoms with Gasteiger partial charge in [0.2, 0.25) is 0 Å². The number of nitrogens with one attached hydrogen (secondary N) is 3. The number of para-hydroxylation sites is 1. The summed E-state index contributed by atoms with van der Waals surface area (Å²) in [6.07, 6.45) is 4.64. The molecule has 3 aromatic rings. The molecule has 0 saturated heterocycles. The summed E-state index contributed by atoms with van der Waals surface area (Å²) in [5.74, 6) is 1.28. The van der Waals surface area contributed by atoms with Crippen molar-refractivity contribution in [2.75, 3.05) is 19.7 Å². The van der Waals surface area contributed by atoms with E-state index in [0.29, 0.717) is 18.6 Å². The molecule has 11 nitrogen and oxygen atoms in total. The Morgan fingerprint density at radius 3 is 2.47 bits per heavy atom. The van der Waals surface area contributed by atoms with Gasteiger partial charge in [-0.2, -0.15) is 0 Å². The molecule has 2 saturated carbocycles. The highest BCUT2D eigenvalue weighted by Gasteiger charge is 2.46. The molecular weight excluding hydrogens is 624 g/mol. The Morgan fingerprint density at radius 2 is 1.73 bits per heavy atom. The van der Waals surface area contributed by atoms with Crippen LogP contribution in [-0.4, -0.2) is 86.8 Å². The van der Waals surface area contributed by atoms with Crippen LogP contribution < -0.4 is 20.7 Å². The molecule has 2 aliphatic carbocycles. The fourth-order valence-corrected chi connectivity index (χ4v) is 6.18. The molecule has 5 unspecified atom stereocenters. The molecule has 266 valence electrons. The van der Waals surface area contributed by atoms with Gasteiger partial charge in [0, 0.05) is 43.1 Å². The number of urea groups is 1. The Hall–Kier alpha value is -3.58. The number of rotatable bonds is 19. The van der Waals surface area contributed by atoms with Gasteiger partial charge in [-0.1, -0.05) is 49.7 Å². The number of carbonyl (C=O) groups excluding carboxylic acids is 1. The van der Waals surface area contributed by atoms with Gasteiger partial charge < -0.3 is 46.2 Å². The van der Waals surface area contributed by atoms with Crippen LogP contribution in [0.3, 0.4) is 0 Å². The Kier molecular flexibility index (Phi) is 12.6. The van der Waals surface area contributed by atoms with Crippen LogP contribution in [-0.2, 0) is 12.1 Å². The van der Waals surface area contributed by atoms with Crippen molar-refractivity contribution >= 4 is 6.03 Å². The van der Waals surface area contributed by atoms with E-state index < -0.39 is 37.1 Å². The summed E-state index contributed by atoms with van der Waals surface area (Å²) in [7, 11) is 0. The van der Waals surface area contributed by atoms with Crippen molar-refractivity contribution in [3.63, 3.8) is 0 Å². The molecule has 8 N–H and O–H groups in total. The van der Waals surface area contributed by atoms with Crippen molar-refractivity contribution in [2.45, 2.75) is 107 Å². The normalized spacial score (nSPS) is 18.2. The second-order valence-corrected chi connectivity index (χ2v) is 13.7. The second kappa shape index (κ2) is 16.9. The zero-order valence-corrected chi connectivity index (χ0v) is 28.5. The minimum Gasteiger partial charge on any atom is -0.490 e. The van der Waals surface area contributed by atoms with E-state index >= 15 is 0 Å². The first-order chi connectivity index (χ1) is 23.6. The smallest absolute Gasteiger partial charge is 0.314 e. The lowest BCUT2D eigenvalue weighted by Crippen LogP contribution is -2.50. The minimum absolute atomic E-state index is 0.120. The molecular formula is C38H52N4O7. The lowest BCUT2D eigenvalue weighted by molar-refractivity contribution is -0.113. The Morgan fingerprint density at radius 1 is 0.980 bits per heavy atom. The standard InChI is InChI=1S/C38H52N4O7/c1-24(7-5-6-17-40-37(48)41-22-32(44)35(46)36(47)33(45)23-43)26-11-10-25(2)27(19-26)20-42-38(15-16-38)31-21-39-18-14-29(31)30-8-3-4-9-34(30)49-28-12-13-28/h3-4,8-11,14,18-19,21,24,28,32-33,35-36,42-47H,5-7,12-13,15-17,20,22-23H2,1-2H3,(H2,40,41,48). The maximum atomic E-state index is 12.1. The van der Waals surface area contributed by atoms with Gasteiger partial charge in [0.15, 0.2) is 0 Å². The lowest BCUT2D eigenvalue weighted by Gasteiger charge is -2.25. The molecule has 0 radical (unpaired) electrons. The molecule has 2 aliphatic rings. The van der Waals surface area contributed by atoms with E-state index in [1.54, 1.807) is 0 Å². The molecule has 11 heteroatoms. The van der Waals surface area contributed by atoms with E-state index in [2.05, 4.69) is 77.2 Å². The van der Waals surface area contributed by atoms with E-state index in [1.165, 1.54) is 27.8 Å². The molecule has 0 aliphatic heterocycles. The number of benzene rings is 2. The van der Waals surface area contributed by atoms with Gasteiger partial charge in [-0.15, -0.1) is 0 Å². The monoisotopic (exact) mass is 676 g/mol. The van der Waals surface area contributed by atoms with Crippen LogP contribution >= 0.6 is 0 Å². The highest BCUT2D eigenvalue weighted by atomic mass is 16.5. The Balaban J connectivity index is 1.09. The fraction of sp³-hybridized carbons (Fsp3) is 0.526. The molecule has 2 fully saturated rings. The van der Waals surface area contributed by atoms with E-state index in [1.807, 2.05) is 18.5 Å². The molecule has 5 atom stereocenters. The summed E-state index contributed by atoms with van der Waals surface area (Å²) >= 11 is 0. The van der Waals surface area contributed by atoms with Gasteiger partial charge in [-0.3, -0.25) is 4.98 Å². The SMILES string of the molecule is Cc1ccc(C(C)CCCCNC(=O)NCC(O)C(O)C(O)C(O)CO)cc1CNC1(c2cnccc2-c2ccccc2OC2CC2)CC1. The van der Waals surface area contributed by atoms with Crippen molar-refractivity contribution in [1.29, 1.82) is 0 Å². The largest absolute Gasteiger partial charge is 0.490 e. The highest BCUT2D eigenvalue weighted by molar-refractivity contribution is 5.75. The van der Waals surface area contributed by atoms with Crippen LogP contribution in [0, 0.1) is 6.92 Å². The summed E-state index contributed by atoms with van der Waals surface area (Å²) in [6.45, 7) is 4.50. The van der Waals surface area contributed by atoms with Crippen LogP contribution in [0.5, 0.6) is 5.75 Å². The number of unbranched alkanes of at least 4 members (excludes halogenated alkanes) is 1. The first-order valence-corrected chi connectivity index (χ1v) is 17.5. The van der Waals surface area contributed by atoms with Crippen LogP contribution in [0.4, 0.5) is 4.79 Å². The first-order valence-electron chi connectivity index (χ1n) is 17.5. The zero-order valence-electron chi connectivity index (χ0n) is 28.5. The molecule has 0 bridgehead atoms. The molecule has 1 aromatic heterocycles. The third-order valence-corrected chi connectivity index (χ3v) is 9.79. The highest BCUT2D eigenvalue weighted by Crippen LogP contribution is 2.50. The number of aliphatic hydroxyl groups excluding tert-OH is 5. The van der Waals surface area contributed by atoms with Gasteiger partial charge in [0.1, 0.15) is 24.1 Å². The summed E-state index contributed by atoms with van der Waals surface area (Å²) in [6, 6.07) is 16.6. The zero-order chi connectivity index (χ0) is 35.0. The molecule has 0 spiro atoms. The van der Waals surface area contributed by atoms with Crippen LogP contribution in [0.15, 0.2) is 60.9 Å². The van der Waals surface area contributed by atoms with Gasteiger partial charge in [0.05, 0.1) is 18.8 Å². The number of aromatic nitrogens is 1. The van der Waals surface area contributed by atoms with Crippen molar-refractivity contribution in [1.82, 2.24) is 20.9 Å². The van der Waals surface area contributed by atoms with Gasteiger partial charge in [-0.05, 0) is 91.3 Å². The number of aryl methyl sites for hydroxylation is 1. The van der Waals surface area contributed by atoms with Gasteiger partial charge >= 0.3 is 6.03 Å². The van der Waals surface area contributed by atoms with Crippen molar-refractivity contribution < 1.29 is 35.1 Å². The molecule has 2 amide bonds. The van der Waals surface area contributed by atoms with Crippen LogP contribution in [0.1, 0.15) is 80.0 Å². The number of aliphatic hydroxyl groups is 5. The number of ether oxygens (including phenoxy) is 1. The van der Waals surface area contributed by atoms with E-state index in [0.717, 1.165) is 62.8 Å². The molecule has 5 rings (SSSR count). The van der Waals surface area contributed by atoms with Crippen molar-refractivity contribution in [3.05, 3.63) is 83.2 Å². The van der Waals surface area contributed by atoms with E-state index in [9.17, 15) is 25.2 Å². The molecule has 49 heavy (non-hydrogen) atoms. The van der Waals surface area contributed by atoms with Crippen LogP contribution in [0.2, 0.25) is 0 Å². The average molecular weight is 677 g/mol. The summed E-state index contributed by atoms with van der Waals surface area (Å²) < 4.78 is 6.27. The number of hydrogen-bond acceptors (Lipinski definition) is 9. The predicted molar refractivity (Wildman–Crippen MR) is 187 cm³/mol. The van der Waals surface area contributed by atoms with Crippen molar-refractivity contribution in [3.8, 4) is 16.9 Å². The fourth-order valence-electron chi connectivity index (χ4n) is 6.18.